The standard InChI is InChI=1S/C17H21NO6S/c1-21-9-5-8-18-16(19)13(25-17(18)20)10-11-6-7-12(22-2)15(24-4)14(11)23-3/h6-7,10H,5,8-9H2,1-4H3/b13-10+. The Balaban J connectivity index is 2.31. The summed E-state index contributed by atoms with van der Waals surface area (Å²) in [7, 11) is 6.12. The van der Waals surface area contributed by atoms with Crippen molar-refractivity contribution in [2.24, 2.45) is 0 Å². The fraction of sp³-hybridized carbons (Fsp3) is 0.412. The summed E-state index contributed by atoms with van der Waals surface area (Å²) in [5.74, 6) is 1.07. The van der Waals surface area contributed by atoms with Gasteiger partial charge >= 0.3 is 0 Å². The molecule has 0 spiro atoms. The van der Waals surface area contributed by atoms with Crippen molar-refractivity contribution in [3.05, 3.63) is 22.6 Å². The van der Waals surface area contributed by atoms with Crippen molar-refractivity contribution in [2.45, 2.75) is 6.42 Å². The van der Waals surface area contributed by atoms with E-state index in [1.165, 1.54) is 26.2 Å². The molecule has 1 aromatic carbocycles. The molecular weight excluding hydrogens is 346 g/mol. The number of thioether (sulfide) groups is 1. The number of benzene rings is 1. The Kier molecular flexibility index (Phi) is 6.72. The average molecular weight is 367 g/mol. The summed E-state index contributed by atoms with van der Waals surface area (Å²) in [4.78, 5) is 26.1. The third-order valence-electron chi connectivity index (χ3n) is 3.63. The van der Waals surface area contributed by atoms with Crippen molar-refractivity contribution in [2.75, 3.05) is 41.6 Å². The van der Waals surface area contributed by atoms with E-state index in [0.29, 0.717) is 47.3 Å². The number of nitrogens with zero attached hydrogens (tertiary/aromatic N) is 1. The molecule has 8 heteroatoms. The normalized spacial score (nSPS) is 15.8. The summed E-state index contributed by atoms with van der Waals surface area (Å²) in [6, 6.07) is 3.47. The van der Waals surface area contributed by atoms with E-state index in [9.17, 15) is 9.59 Å². The molecule has 2 amide bonds. The lowest BCUT2D eigenvalue weighted by Gasteiger charge is -2.14. The maximum atomic E-state index is 12.5. The van der Waals surface area contributed by atoms with E-state index in [-0.39, 0.29) is 11.1 Å². The van der Waals surface area contributed by atoms with Gasteiger partial charge in [-0.15, -0.1) is 0 Å². The lowest BCUT2D eigenvalue weighted by atomic mass is 10.1. The number of imide groups is 1. The molecule has 0 unspecified atom stereocenters. The summed E-state index contributed by atoms with van der Waals surface area (Å²) < 4.78 is 20.9. The molecule has 1 saturated heterocycles. The number of methoxy groups -OCH3 is 4. The fourth-order valence-corrected chi connectivity index (χ4v) is 3.29. The van der Waals surface area contributed by atoms with Crippen LogP contribution in [0, 0.1) is 0 Å². The largest absolute Gasteiger partial charge is 0.493 e. The molecule has 0 bridgehead atoms. The van der Waals surface area contributed by atoms with Crippen LogP contribution in [0.4, 0.5) is 4.79 Å². The quantitative estimate of drug-likeness (QED) is 0.517. The van der Waals surface area contributed by atoms with E-state index in [2.05, 4.69) is 0 Å². The zero-order valence-corrected chi connectivity index (χ0v) is 15.5. The van der Waals surface area contributed by atoms with Gasteiger partial charge in [0.25, 0.3) is 11.1 Å². The molecule has 136 valence electrons. The van der Waals surface area contributed by atoms with Gasteiger partial charge in [-0.25, -0.2) is 0 Å². The van der Waals surface area contributed by atoms with Crippen LogP contribution in [0.15, 0.2) is 17.0 Å². The monoisotopic (exact) mass is 367 g/mol. The van der Waals surface area contributed by atoms with Crippen LogP contribution < -0.4 is 14.2 Å². The van der Waals surface area contributed by atoms with E-state index < -0.39 is 0 Å². The van der Waals surface area contributed by atoms with Gasteiger partial charge in [0, 0.05) is 25.8 Å². The molecule has 0 radical (unpaired) electrons. The fourth-order valence-electron chi connectivity index (χ4n) is 2.44. The first-order valence-electron chi connectivity index (χ1n) is 7.60. The third kappa shape index (κ3) is 4.08. The highest BCUT2D eigenvalue weighted by atomic mass is 32.2. The molecule has 1 heterocycles. The van der Waals surface area contributed by atoms with E-state index in [4.69, 9.17) is 18.9 Å². The Morgan fingerprint density at radius 3 is 2.36 bits per heavy atom. The van der Waals surface area contributed by atoms with Crippen molar-refractivity contribution in [1.82, 2.24) is 4.90 Å². The SMILES string of the molecule is COCCCN1C(=O)S/C(=C/c2ccc(OC)c(OC)c2OC)C1=O. The predicted octanol–water partition coefficient (Wildman–Crippen LogP) is 2.79. The van der Waals surface area contributed by atoms with Gasteiger partial charge in [0.05, 0.1) is 26.2 Å². The number of carbonyl (C=O) groups excluding carboxylic acids is 2. The van der Waals surface area contributed by atoms with E-state index >= 15 is 0 Å². The third-order valence-corrected chi connectivity index (χ3v) is 4.53. The van der Waals surface area contributed by atoms with Crippen molar-refractivity contribution < 1.29 is 28.5 Å². The Labute approximate surface area is 150 Å². The smallest absolute Gasteiger partial charge is 0.293 e. The second-order valence-electron chi connectivity index (χ2n) is 5.10. The lowest BCUT2D eigenvalue weighted by Crippen LogP contribution is -2.29. The zero-order chi connectivity index (χ0) is 18.4. The maximum Gasteiger partial charge on any atom is 0.293 e. The molecule has 1 aliphatic heterocycles. The van der Waals surface area contributed by atoms with Crippen LogP contribution in [0.1, 0.15) is 12.0 Å². The number of amides is 2. The van der Waals surface area contributed by atoms with E-state index in [0.717, 1.165) is 11.8 Å². The van der Waals surface area contributed by atoms with Crippen molar-refractivity contribution in [1.29, 1.82) is 0 Å². The molecule has 0 saturated carbocycles. The Hall–Kier alpha value is -2.19. The van der Waals surface area contributed by atoms with Crippen molar-refractivity contribution in [3.63, 3.8) is 0 Å². The summed E-state index contributed by atoms with van der Waals surface area (Å²) in [5, 5.41) is -0.285. The van der Waals surface area contributed by atoms with Gasteiger partial charge in [0.15, 0.2) is 11.5 Å². The van der Waals surface area contributed by atoms with Gasteiger partial charge in [0.1, 0.15) is 0 Å². The second kappa shape index (κ2) is 8.77. The minimum atomic E-state index is -0.317. The number of ether oxygens (including phenoxy) is 4. The van der Waals surface area contributed by atoms with Crippen molar-refractivity contribution >= 4 is 29.0 Å². The molecule has 7 nitrogen and oxygen atoms in total. The van der Waals surface area contributed by atoms with Crippen LogP contribution in [0.25, 0.3) is 6.08 Å². The molecule has 0 aliphatic carbocycles. The summed E-state index contributed by atoms with van der Waals surface area (Å²) in [6.07, 6.45) is 2.23. The summed E-state index contributed by atoms with van der Waals surface area (Å²) in [6.45, 7) is 0.823. The first-order chi connectivity index (χ1) is 12.1. The predicted molar refractivity (Wildman–Crippen MR) is 95.3 cm³/mol. The van der Waals surface area contributed by atoms with Crippen LogP contribution in [-0.2, 0) is 9.53 Å². The topological polar surface area (TPSA) is 74.3 Å². The maximum absolute atomic E-state index is 12.5. The highest BCUT2D eigenvalue weighted by molar-refractivity contribution is 8.18. The van der Waals surface area contributed by atoms with Crippen LogP contribution in [0.3, 0.4) is 0 Å². The number of carbonyl (C=O) groups is 2. The Morgan fingerprint density at radius 2 is 1.76 bits per heavy atom. The summed E-state index contributed by atoms with van der Waals surface area (Å²) >= 11 is 0.907. The van der Waals surface area contributed by atoms with Gasteiger partial charge in [0.2, 0.25) is 5.75 Å². The Bertz CT molecular complexity index is 688. The van der Waals surface area contributed by atoms with Crippen molar-refractivity contribution in [3.8, 4) is 17.2 Å². The molecule has 1 aromatic rings. The highest BCUT2D eigenvalue weighted by Crippen LogP contribution is 2.42. The molecule has 2 rings (SSSR count). The number of hydrogen-bond donors (Lipinski definition) is 0. The lowest BCUT2D eigenvalue weighted by molar-refractivity contribution is -0.122. The van der Waals surface area contributed by atoms with Crippen LogP contribution >= 0.6 is 11.8 Å². The second-order valence-corrected chi connectivity index (χ2v) is 6.10. The van der Waals surface area contributed by atoms with E-state index in [1.54, 1.807) is 25.3 Å². The van der Waals surface area contributed by atoms with Gasteiger partial charge in [-0.3, -0.25) is 14.5 Å². The number of hydrogen-bond acceptors (Lipinski definition) is 7. The average Bonchev–Trinajstić information content (AvgIpc) is 2.88. The highest BCUT2D eigenvalue weighted by Gasteiger charge is 2.34. The Morgan fingerprint density at radius 1 is 1.04 bits per heavy atom. The van der Waals surface area contributed by atoms with Crippen LogP contribution in [-0.4, -0.2) is 57.6 Å². The van der Waals surface area contributed by atoms with E-state index in [1.807, 2.05) is 0 Å². The first-order valence-corrected chi connectivity index (χ1v) is 8.42. The molecule has 1 aliphatic rings. The van der Waals surface area contributed by atoms with Gasteiger partial charge in [-0.2, -0.15) is 0 Å². The van der Waals surface area contributed by atoms with Gasteiger partial charge in [-0.1, -0.05) is 0 Å². The van der Waals surface area contributed by atoms with Gasteiger partial charge in [-0.05, 0) is 36.4 Å². The molecule has 0 aromatic heterocycles. The first kappa shape index (κ1) is 19.1. The van der Waals surface area contributed by atoms with Crippen LogP contribution in [0.2, 0.25) is 0 Å². The minimum Gasteiger partial charge on any atom is -0.493 e. The minimum absolute atomic E-state index is 0.285. The molecule has 0 atom stereocenters. The number of rotatable bonds is 8. The van der Waals surface area contributed by atoms with Gasteiger partial charge < -0.3 is 18.9 Å². The molecule has 1 fully saturated rings. The van der Waals surface area contributed by atoms with Crippen LogP contribution in [0.5, 0.6) is 17.2 Å². The molecule has 25 heavy (non-hydrogen) atoms. The zero-order valence-electron chi connectivity index (χ0n) is 14.7. The molecule has 0 N–H and O–H groups in total. The summed E-state index contributed by atoms with van der Waals surface area (Å²) in [5.41, 5.74) is 0.627. The molecular formula is C17H21NO6S.